The van der Waals surface area contributed by atoms with Crippen molar-refractivity contribution in [2.24, 2.45) is 0 Å². The number of rotatable bonds is 6. The molecule has 0 amide bonds. The summed E-state index contributed by atoms with van der Waals surface area (Å²) in [6, 6.07) is 0. The van der Waals surface area contributed by atoms with Crippen molar-refractivity contribution in [3.63, 3.8) is 0 Å². The highest BCUT2D eigenvalue weighted by Gasteiger charge is 2.28. The summed E-state index contributed by atoms with van der Waals surface area (Å²) >= 11 is 0. The van der Waals surface area contributed by atoms with Gasteiger partial charge in [-0.25, -0.2) is 4.18 Å². The zero-order valence-electron chi connectivity index (χ0n) is 10.1. The van der Waals surface area contributed by atoms with Gasteiger partial charge >= 0.3 is 0 Å². The van der Waals surface area contributed by atoms with Crippen LogP contribution >= 0.6 is 0 Å². The van der Waals surface area contributed by atoms with Crippen molar-refractivity contribution in [1.29, 1.82) is 0 Å². The average Bonchev–Trinajstić information content (AvgIpc) is 2.55. The van der Waals surface area contributed by atoms with Gasteiger partial charge in [-0.3, -0.25) is 0 Å². The van der Waals surface area contributed by atoms with Gasteiger partial charge in [0.2, 0.25) is 6.35 Å². The van der Waals surface area contributed by atoms with Gasteiger partial charge in [0.1, 0.15) is 0 Å². The molecule has 0 aromatic rings. The molecule has 0 N–H and O–H groups in total. The fraction of sp³-hybridized carbons (Fsp3) is 0.800. The highest BCUT2D eigenvalue weighted by Crippen LogP contribution is 2.18. The molecule has 0 aromatic heterocycles. The molecule has 1 heterocycles. The van der Waals surface area contributed by atoms with E-state index in [-0.39, 0.29) is 0 Å². The van der Waals surface area contributed by atoms with Crippen molar-refractivity contribution in [2.45, 2.75) is 33.0 Å². The Bertz CT molecular complexity index is 340. The molecule has 0 bridgehead atoms. The van der Waals surface area contributed by atoms with Crippen LogP contribution in [0.4, 0.5) is 0 Å². The van der Waals surface area contributed by atoms with E-state index in [0.29, 0.717) is 0 Å². The molecule has 0 saturated carbocycles. The lowest BCUT2D eigenvalue weighted by Crippen LogP contribution is -2.42. The summed E-state index contributed by atoms with van der Waals surface area (Å²) in [5.74, 6) is 0. The Kier molecular flexibility index (Phi) is 4.61. The van der Waals surface area contributed by atoms with Crippen molar-refractivity contribution in [2.75, 3.05) is 19.3 Å². The number of nitrogens with zero attached hydrogens (tertiary/aromatic N) is 2. The number of hydrogen-bond acceptors (Lipinski definition) is 5. The lowest BCUT2D eigenvalue weighted by molar-refractivity contribution is -0.0180. The smallest absolute Gasteiger partial charge is 0.267 e. The molecule has 0 fully saturated rings. The third-order valence-electron chi connectivity index (χ3n) is 2.41. The fourth-order valence-corrected chi connectivity index (χ4v) is 2.10. The van der Waals surface area contributed by atoms with Crippen LogP contribution in [0.5, 0.6) is 0 Å². The summed E-state index contributed by atoms with van der Waals surface area (Å²) in [5.41, 5.74) is 0. The van der Waals surface area contributed by atoms with Crippen LogP contribution in [0.1, 0.15) is 26.7 Å². The van der Waals surface area contributed by atoms with E-state index in [4.69, 9.17) is 4.18 Å². The second-order valence-electron chi connectivity index (χ2n) is 3.85. The van der Waals surface area contributed by atoms with E-state index in [1.54, 1.807) is 0 Å². The predicted octanol–water partition coefficient (Wildman–Crippen LogP) is 1.16. The van der Waals surface area contributed by atoms with Gasteiger partial charge in [-0.2, -0.15) is 8.42 Å². The molecule has 1 aliphatic rings. The Morgan fingerprint density at radius 1 is 1.25 bits per heavy atom. The zero-order chi connectivity index (χ0) is 12.2. The first-order chi connectivity index (χ1) is 7.48. The van der Waals surface area contributed by atoms with Crippen LogP contribution in [0.3, 0.4) is 0 Å². The maximum absolute atomic E-state index is 11.2. The van der Waals surface area contributed by atoms with E-state index in [2.05, 4.69) is 6.92 Å². The molecule has 94 valence electrons. The van der Waals surface area contributed by atoms with Gasteiger partial charge in [0.15, 0.2) is 0 Å². The van der Waals surface area contributed by atoms with E-state index >= 15 is 0 Å². The first-order valence-corrected chi connectivity index (χ1v) is 7.37. The maximum Gasteiger partial charge on any atom is 0.267 e. The van der Waals surface area contributed by atoms with Crippen LogP contribution in [0, 0.1) is 0 Å². The highest BCUT2D eigenvalue weighted by atomic mass is 32.2. The average molecular weight is 248 g/mol. The van der Waals surface area contributed by atoms with Gasteiger partial charge in [-0.05, 0) is 13.3 Å². The maximum atomic E-state index is 11.2. The normalized spacial score (nSPS) is 20.8. The standard InChI is InChI=1S/C10H20N2O3S/c1-4-6-7-12-9-8-11(5-2)10(12)15-16(3,13)14/h8-10H,4-7H2,1-3H3. The minimum atomic E-state index is -3.43. The van der Waals surface area contributed by atoms with Gasteiger partial charge in [0.25, 0.3) is 10.1 Å². The second kappa shape index (κ2) is 5.54. The summed E-state index contributed by atoms with van der Waals surface area (Å²) in [4.78, 5) is 3.77. The van der Waals surface area contributed by atoms with Crippen molar-refractivity contribution < 1.29 is 12.6 Å². The monoisotopic (exact) mass is 248 g/mol. The summed E-state index contributed by atoms with van der Waals surface area (Å²) in [6.45, 7) is 5.60. The predicted molar refractivity (Wildman–Crippen MR) is 62.9 cm³/mol. The summed E-state index contributed by atoms with van der Waals surface area (Å²) in [6.07, 6.45) is 6.41. The molecule has 0 saturated heterocycles. The van der Waals surface area contributed by atoms with Crippen LogP contribution in [0.25, 0.3) is 0 Å². The number of unbranched alkanes of at least 4 members (excludes halogenated alkanes) is 1. The van der Waals surface area contributed by atoms with Gasteiger partial charge in [0, 0.05) is 25.5 Å². The summed E-state index contributed by atoms with van der Waals surface area (Å²) in [5, 5.41) is 0. The molecule has 16 heavy (non-hydrogen) atoms. The fourth-order valence-electron chi connectivity index (χ4n) is 1.56. The van der Waals surface area contributed by atoms with E-state index < -0.39 is 16.5 Å². The third kappa shape index (κ3) is 3.68. The Hall–Kier alpha value is -0.750. The summed E-state index contributed by atoms with van der Waals surface area (Å²) < 4.78 is 27.4. The summed E-state index contributed by atoms with van der Waals surface area (Å²) in [7, 11) is -3.43. The molecule has 1 aliphatic heterocycles. The molecule has 1 unspecified atom stereocenters. The second-order valence-corrected chi connectivity index (χ2v) is 5.45. The molecule has 0 radical (unpaired) electrons. The zero-order valence-corrected chi connectivity index (χ0v) is 10.9. The number of hydrogen-bond donors (Lipinski definition) is 0. The molecule has 1 atom stereocenters. The van der Waals surface area contributed by atoms with Gasteiger partial charge < -0.3 is 9.80 Å². The third-order valence-corrected chi connectivity index (χ3v) is 2.93. The Morgan fingerprint density at radius 2 is 1.88 bits per heavy atom. The quantitative estimate of drug-likeness (QED) is 0.660. The van der Waals surface area contributed by atoms with Gasteiger partial charge in [-0.15, -0.1) is 0 Å². The van der Waals surface area contributed by atoms with Crippen molar-refractivity contribution in [3.05, 3.63) is 12.4 Å². The minimum absolute atomic E-state index is 0.508. The highest BCUT2D eigenvalue weighted by molar-refractivity contribution is 7.86. The van der Waals surface area contributed by atoms with E-state index in [1.807, 2.05) is 29.1 Å². The Balaban J connectivity index is 2.66. The molecule has 0 aliphatic carbocycles. The molecule has 0 aromatic carbocycles. The van der Waals surface area contributed by atoms with Gasteiger partial charge in [0.05, 0.1) is 6.26 Å². The first kappa shape index (κ1) is 13.3. The topological polar surface area (TPSA) is 49.9 Å². The van der Waals surface area contributed by atoms with Crippen LogP contribution in [-0.2, 0) is 14.3 Å². The van der Waals surface area contributed by atoms with E-state index in [0.717, 1.165) is 32.2 Å². The molecule has 5 nitrogen and oxygen atoms in total. The van der Waals surface area contributed by atoms with Crippen molar-refractivity contribution >= 4 is 10.1 Å². The first-order valence-electron chi connectivity index (χ1n) is 5.56. The SMILES string of the molecule is CCCCN1C=CN(CC)C1OS(C)(=O)=O. The van der Waals surface area contributed by atoms with Crippen LogP contribution in [0.15, 0.2) is 12.4 Å². The van der Waals surface area contributed by atoms with Crippen molar-refractivity contribution in [1.82, 2.24) is 9.80 Å². The molecular weight excluding hydrogens is 228 g/mol. The lowest BCUT2D eigenvalue weighted by Gasteiger charge is -2.30. The molecule has 1 rings (SSSR count). The van der Waals surface area contributed by atoms with E-state index in [1.165, 1.54) is 0 Å². The van der Waals surface area contributed by atoms with Crippen LogP contribution in [-0.4, -0.2) is 43.9 Å². The van der Waals surface area contributed by atoms with Gasteiger partial charge in [-0.1, -0.05) is 13.3 Å². The minimum Gasteiger partial charge on any atom is -0.333 e. The molecule has 0 spiro atoms. The largest absolute Gasteiger partial charge is 0.333 e. The lowest BCUT2D eigenvalue weighted by atomic mass is 10.3. The van der Waals surface area contributed by atoms with Crippen molar-refractivity contribution in [3.8, 4) is 0 Å². The van der Waals surface area contributed by atoms with E-state index in [9.17, 15) is 8.42 Å². The molecular formula is C10H20N2O3S. The van der Waals surface area contributed by atoms with Crippen LogP contribution < -0.4 is 0 Å². The molecule has 6 heteroatoms. The Labute approximate surface area is 97.8 Å². The Morgan fingerprint density at radius 3 is 2.38 bits per heavy atom. The van der Waals surface area contributed by atoms with Crippen LogP contribution in [0.2, 0.25) is 0 Å².